The third kappa shape index (κ3) is 6.56. The Morgan fingerprint density at radius 2 is 1.75 bits per heavy atom. The topological polar surface area (TPSA) is 112 Å². The zero-order valence-electron chi connectivity index (χ0n) is 21.4. The number of fused-ring (bicyclic) bond motifs is 1. The number of aromatic nitrogens is 1. The van der Waals surface area contributed by atoms with Crippen LogP contribution in [0.1, 0.15) is 34.7 Å². The minimum absolute atomic E-state index is 0.0628. The molecular weight excluding hydrogens is 532 g/mol. The molecule has 2 amide bonds. The molecule has 3 aromatic rings. The Morgan fingerprint density at radius 3 is 2.40 bits per heavy atom. The van der Waals surface area contributed by atoms with Gasteiger partial charge in [-0.3, -0.25) is 14.6 Å². The lowest BCUT2D eigenvalue weighted by molar-refractivity contribution is -0.192. The highest BCUT2D eigenvalue weighted by Gasteiger charge is 2.51. The van der Waals surface area contributed by atoms with Gasteiger partial charge in [0.1, 0.15) is 5.82 Å². The second-order valence-electron chi connectivity index (χ2n) is 9.79. The molecule has 2 fully saturated rings. The van der Waals surface area contributed by atoms with Crippen molar-refractivity contribution in [1.29, 1.82) is 0 Å². The van der Waals surface area contributed by atoms with Gasteiger partial charge in [0.15, 0.2) is 0 Å². The van der Waals surface area contributed by atoms with E-state index < -0.39 is 17.6 Å². The van der Waals surface area contributed by atoms with Crippen molar-refractivity contribution in [2.75, 3.05) is 32.7 Å². The standard InChI is InChI=1S/C26H27FN4O2.C2HF3O2/c27-21-7-5-18(6-8-21)22-17-30-25(33)26(22)9-12-31(13-10-26)14-11-28-24(32)20-15-19-3-1-2-4-23(19)29-16-20;3-2(4,5)1(6)7/h1-8,15-16,22H,9-14,17H2,(H,28,32)(H,30,33);(H,6,7)/t22-;/m0./s1. The number of benzene rings is 2. The molecule has 3 N–H and O–H groups in total. The average molecular weight is 561 g/mol. The van der Waals surface area contributed by atoms with Crippen molar-refractivity contribution < 1.29 is 37.1 Å². The van der Waals surface area contributed by atoms with Crippen LogP contribution in [0, 0.1) is 11.2 Å². The molecule has 1 spiro atoms. The number of alkyl halides is 3. The summed E-state index contributed by atoms with van der Waals surface area (Å²) in [5, 5.41) is 14.1. The molecule has 2 aliphatic heterocycles. The second kappa shape index (κ2) is 12.0. The van der Waals surface area contributed by atoms with Gasteiger partial charge in [-0.15, -0.1) is 0 Å². The van der Waals surface area contributed by atoms with Crippen LogP contribution in [0.25, 0.3) is 10.9 Å². The number of likely N-dealkylation sites (tertiary alicyclic amines) is 1. The van der Waals surface area contributed by atoms with Crippen molar-refractivity contribution in [3.63, 3.8) is 0 Å². The average Bonchev–Trinajstić information content (AvgIpc) is 3.24. The van der Waals surface area contributed by atoms with Crippen molar-refractivity contribution >= 4 is 28.7 Å². The van der Waals surface area contributed by atoms with Crippen molar-refractivity contribution in [3.05, 3.63) is 77.7 Å². The van der Waals surface area contributed by atoms with Crippen LogP contribution in [0.2, 0.25) is 0 Å². The van der Waals surface area contributed by atoms with Crippen LogP contribution in [0.15, 0.2) is 60.8 Å². The maximum absolute atomic E-state index is 13.4. The molecule has 1 atom stereocenters. The van der Waals surface area contributed by atoms with Crippen molar-refractivity contribution in [2.24, 2.45) is 5.41 Å². The maximum atomic E-state index is 13.4. The maximum Gasteiger partial charge on any atom is 0.490 e. The number of rotatable bonds is 5. The SMILES string of the molecule is O=C(NCCN1CCC2(CC1)C(=O)NC[C@H]2c1ccc(F)cc1)c1cnc2ccccc2c1.O=C(O)C(F)(F)F. The van der Waals surface area contributed by atoms with Crippen molar-refractivity contribution in [3.8, 4) is 0 Å². The molecule has 0 saturated carbocycles. The number of para-hydroxylation sites is 1. The lowest BCUT2D eigenvalue weighted by Crippen LogP contribution is -2.47. The number of carbonyl (C=O) groups is 3. The fourth-order valence-corrected chi connectivity index (χ4v) is 5.23. The molecule has 212 valence electrons. The number of piperidine rings is 1. The molecule has 40 heavy (non-hydrogen) atoms. The minimum atomic E-state index is -5.08. The Labute approximate surface area is 227 Å². The Bertz CT molecular complexity index is 1370. The first-order chi connectivity index (χ1) is 19.0. The van der Waals surface area contributed by atoms with Gasteiger partial charge in [-0.2, -0.15) is 13.2 Å². The number of nitrogens with one attached hydrogen (secondary N) is 2. The van der Waals surface area contributed by atoms with Gasteiger partial charge >= 0.3 is 12.1 Å². The number of hydrogen-bond acceptors (Lipinski definition) is 5. The van der Waals surface area contributed by atoms with E-state index >= 15 is 0 Å². The van der Waals surface area contributed by atoms with Crippen LogP contribution >= 0.6 is 0 Å². The summed E-state index contributed by atoms with van der Waals surface area (Å²) >= 11 is 0. The molecule has 8 nitrogen and oxygen atoms in total. The first-order valence-corrected chi connectivity index (χ1v) is 12.7. The molecular formula is C28H28F4N4O4. The summed E-state index contributed by atoms with van der Waals surface area (Å²) in [6, 6.07) is 16.1. The predicted molar refractivity (Wildman–Crippen MR) is 138 cm³/mol. The number of nitrogens with zero attached hydrogens (tertiary/aromatic N) is 2. The summed E-state index contributed by atoms with van der Waals surface area (Å²) in [7, 11) is 0. The van der Waals surface area contributed by atoms with Gasteiger partial charge in [-0.05, 0) is 55.8 Å². The Balaban J connectivity index is 0.000000470. The van der Waals surface area contributed by atoms with Gasteiger partial charge in [-0.1, -0.05) is 30.3 Å². The van der Waals surface area contributed by atoms with E-state index in [0.29, 0.717) is 18.7 Å². The fraction of sp³-hybridized carbons (Fsp3) is 0.357. The molecule has 5 rings (SSSR count). The number of aliphatic carboxylic acids is 1. The van der Waals surface area contributed by atoms with Gasteiger partial charge in [-0.25, -0.2) is 9.18 Å². The van der Waals surface area contributed by atoms with E-state index in [-0.39, 0.29) is 23.5 Å². The first kappa shape index (κ1) is 28.9. The summed E-state index contributed by atoms with van der Waals surface area (Å²) in [6.45, 7) is 3.44. The van der Waals surface area contributed by atoms with Crippen LogP contribution in [0.5, 0.6) is 0 Å². The smallest absolute Gasteiger partial charge is 0.475 e. The van der Waals surface area contributed by atoms with E-state index in [4.69, 9.17) is 9.90 Å². The van der Waals surface area contributed by atoms with Crippen LogP contribution < -0.4 is 10.6 Å². The summed E-state index contributed by atoms with van der Waals surface area (Å²) in [4.78, 5) is 40.9. The van der Waals surface area contributed by atoms with Crippen LogP contribution in [0.3, 0.4) is 0 Å². The Morgan fingerprint density at radius 1 is 1.10 bits per heavy atom. The van der Waals surface area contributed by atoms with E-state index in [2.05, 4.69) is 20.5 Å². The molecule has 0 bridgehead atoms. The summed E-state index contributed by atoms with van der Waals surface area (Å²) in [5.41, 5.74) is 2.00. The third-order valence-electron chi connectivity index (χ3n) is 7.42. The van der Waals surface area contributed by atoms with Crippen LogP contribution in [-0.2, 0) is 9.59 Å². The molecule has 2 aromatic carbocycles. The quantitative estimate of drug-likeness (QED) is 0.410. The van der Waals surface area contributed by atoms with E-state index in [1.165, 1.54) is 12.1 Å². The number of amides is 2. The van der Waals surface area contributed by atoms with Gasteiger partial charge in [0.05, 0.1) is 16.5 Å². The van der Waals surface area contributed by atoms with Gasteiger partial charge in [0, 0.05) is 37.1 Å². The minimum Gasteiger partial charge on any atom is -0.475 e. The lowest BCUT2D eigenvalue weighted by atomic mass is 9.68. The Hall–Kier alpha value is -4.06. The predicted octanol–water partition coefficient (Wildman–Crippen LogP) is 3.73. The van der Waals surface area contributed by atoms with Gasteiger partial charge in [0.25, 0.3) is 5.91 Å². The number of carbonyl (C=O) groups excluding carboxylic acids is 2. The number of pyridine rings is 1. The molecule has 0 unspecified atom stereocenters. The zero-order chi connectivity index (χ0) is 28.9. The van der Waals surface area contributed by atoms with Crippen molar-refractivity contribution in [1.82, 2.24) is 20.5 Å². The van der Waals surface area contributed by atoms with Crippen LogP contribution in [0.4, 0.5) is 17.6 Å². The normalized spacial score (nSPS) is 18.6. The monoisotopic (exact) mass is 560 g/mol. The summed E-state index contributed by atoms with van der Waals surface area (Å²) in [5.74, 6) is -2.98. The highest BCUT2D eigenvalue weighted by atomic mass is 19.4. The highest BCUT2D eigenvalue weighted by molar-refractivity contribution is 5.97. The van der Waals surface area contributed by atoms with E-state index in [1.807, 2.05) is 30.3 Å². The summed E-state index contributed by atoms with van der Waals surface area (Å²) < 4.78 is 45.1. The lowest BCUT2D eigenvalue weighted by Gasteiger charge is -2.41. The number of hydrogen-bond donors (Lipinski definition) is 3. The van der Waals surface area contributed by atoms with Gasteiger partial charge in [0.2, 0.25) is 5.91 Å². The number of carboxylic acid groups (broad SMARTS) is 1. The molecule has 0 radical (unpaired) electrons. The molecule has 2 aliphatic rings. The van der Waals surface area contributed by atoms with Gasteiger partial charge < -0.3 is 20.6 Å². The second-order valence-corrected chi connectivity index (χ2v) is 9.79. The first-order valence-electron chi connectivity index (χ1n) is 12.7. The fourth-order valence-electron chi connectivity index (χ4n) is 5.23. The van der Waals surface area contributed by atoms with Crippen LogP contribution in [-0.4, -0.2) is 71.7 Å². The molecule has 2 saturated heterocycles. The van der Waals surface area contributed by atoms with E-state index in [1.54, 1.807) is 18.3 Å². The molecule has 3 heterocycles. The molecule has 0 aliphatic carbocycles. The largest absolute Gasteiger partial charge is 0.490 e. The zero-order valence-corrected chi connectivity index (χ0v) is 21.4. The van der Waals surface area contributed by atoms with E-state index in [9.17, 15) is 27.2 Å². The summed E-state index contributed by atoms with van der Waals surface area (Å²) in [6.07, 6.45) is -1.97. The van der Waals surface area contributed by atoms with Crippen molar-refractivity contribution in [2.45, 2.75) is 24.9 Å². The molecule has 1 aromatic heterocycles. The highest BCUT2D eigenvalue weighted by Crippen LogP contribution is 2.47. The Kier molecular flexibility index (Phi) is 8.67. The number of carboxylic acids is 1. The number of halogens is 4. The third-order valence-corrected chi connectivity index (χ3v) is 7.42. The molecule has 12 heteroatoms. The van der Waals surface area contributed by atoms with E-state index in [0.717, 1.165) is 48.9 Å².